The summed E-state index contributed by atoms with van der Waals surface area (Å²) in [6.07, 6.45) is 3.29. The van der Waals surface area contributed by atoms with E-state index in [-0.39, 0.29) is 0 Å². The van der Waals surface area contributed by atoms with E-state index >= 15 is 0 Å². The van der Waals surface area contributed by atoms with Crippen LogP contribution < -0.4 is 0 Å². The van der Waals surface area contributed by atoms with Gasteiger partial charge in [-0.3, -0.25) is 5.41 Å². The molecule has 0 aliphatic rings. The molecule has 2 aromatic rings. The molecule has 1 atom stereocenters. The summed E-state index contributed by atoms with van der Waals surface area (Å²) >= 11 is 0. The standard InChI is InChI=1S/C12H17N5O3/c1-3-9-14-15-10(19-9)5-4-6-11-16-17-12(20-11)8(2)18-7-13/h7-8,13H,3-6H2,1-2H3. The van der Waals surface area contributed by atoms with Crippen molar-refractivity contribution in [3.8, 4) is 0 Å². The van der Waals surface area contributed by atoms with Gasteiger partial charge in [0.1, 0.15) is 0 Å². The molecule has 20 heavy (non-hydrogen) atoms. The lowest BCUT2D eigenvalue weighted by Crippen LogP contribution is -1.97. The third-order valence-corrected chi connectivity index (χ3v) is 2.69. The molecule has 1 unspecified atom stereocenters. The van der Waals surface area contributed by atoms with E-state index in [1.54, 1.807) is 6.92 Å². The van der Waals surface area contributed by atoms with Crippen LogP contribution in [0.4, 0.5) is 0 Å². The van der Waals surface area contributed by atoms with Gasteiger partial charge in [0.25, 0.3) is 5.89 Å². The van der Waals surface area contributed by atoms with Crippen LogP contribution in [0.3, 0.4) is 0 Å². The Labute approximate surface area is 116 Å². The minimum Gasteiger partial charge on any atom is -0.471 e. The Morgan fingerprint density at radius 1 is 1.10 bits per heavy atom. The lowest BCUT2D eigenvalue weighted by Gasteiger charge is -2.03. The molecule has 0 saturated heterocycles. The topological polar surface area (TPSA) is 111 Å². The first-order chi connectivity index (χ1) is 9.72. The molecule has 0 aliphatic carbocycles. The number of nitrogens with one attached hydrogen (secondary N) is 1. The van der Waals surface area contributed by atoms with Crippen molar-refractivity contribution in [2.75, 3.05) is 0 Å². The number of hydrogen-bond acceptors (Lipinski definition) is 8. The van der Waals surface area contributed by atoms with E-state index in [0.29, 0.717) is 36.4 Å². The molecule has 8 nitrogen and oxygen atoms in total. The summed E-state index contributed by atoms with van der Waals surface area (Å²) in [5.41, 5.74) is 0. The van der Waals surface area contributed by atoms with Crippen molar-refractivity contribution in [1.82, 2.24) is 20.4 Å². The van der Waals surface area contributed by atoms with E-state index in [1.807, 2.05) is 6.92 Å². The van der Waals surface area contributed by atoms with E-state index in [4.69, 9.17) is 19.0 Å². The number of nitrogens with zero attached hydrogens (tertiary/aromatic N) is 4. The molecule has 0 spiro atoms. The summed E-state index contributed by atoms with van der Waals surface area (Å²) in [7, 11) is 0. The zero-order valence-electron chi connectivity index (χ0n) is 11.5. The summed E-state index contributed by atoms with van der Waals surface area (Å²) < 4.78 is 15.8. The van der Waals surface area contributed by atoms with Gasteiger partial charge in [0.15, 0.2) is 12.5 Å². The fourth-order valence-electron chi connectivity index (χ4n) is 1.62. The van der Waals surface area contributed by atoms with Crippen molar-refractivity contribution in [2.24, 2.45) is 0 Å². The minimum absolute atomic E-state index is 0.370. The Bertz CT molecular complexity index is 551. The molecule has 0 aliphatic heterocycles. The molecule has 0 fully saturated rings. The van der Waals surface area contributed by atoms with Crippen molar-refractivity contribution >= 4 is 6.40 Å². The van der Waals surface area contributed by atoms with Gasteiger partial charge in [-0.25, -0.2) is 0 Å². The molecule has 0 bridgehead atoms. The largest absolute Gasteiger partial charge is 0.471 e. The maximum atomic E-state index is 6.85. The van der Waals surface area contributed by atoms with Gasteiger partial charge in [-0.2, -0.15) is 0 Å². The first kappa shape index (κ1) is 14.2. The van der Waals surface area contributed by atoms with Gasteiger partial charge in [-0.05, 0) is 13.3 Å². The number of aromatic nitrogens is 4. The number of ether oxygens (including phenoxy) is 1. The van der Waals surface area contributed by atoms with Crippen LogP contribution in [0.5, 0.6) is 0 Å². The molecule has 2 aromatic heterocycles. The highest BCUT2D eigenvalue weighted by molar-refractivity contribution is 5.41. The maximum Gasteiger partial charge on any atom is 0.256 e. The SMILES string of the molecule is CCc1nnc(CCCc2nnc(C(C)OC=N)o2)o1. The van der Waals surface area contributed by atoms with Crippen LogP contribution in [0.25, 0.3) is 0 Å². The average molecular weight is 279 g/mol. The van der Waals surface area contributed by atoms with E-state index in [1.165, 1.54) is 0 Å². The zero-order chi connectivity index (χ0) is 14.4. The molecule has 108 valence electrons. The number of hydrogen-bond donors (Lipinski definition) is 1. The smallest absolute Gasteiger partial charge is 0.256 e. The quantitative estimate of drug-likeness (QED) is 0.580. The van der Waals surface area contributed by atoms with Crippen LogP contribution in [0, 0.1) is 5.41 Å². The van der Waals surface area contributed by atoms with E-state index < -0.39 is 6.10 Å². The molecule has 1 N–H and O–H groups in total. The Balaban J connectivity index is 1.80. The highest BCUT2D eigenvalue weighted by Crippen LogP contribution is 2.15. The number of aryl methyl sites for hydroxylation is 3. The van der Waals surface area contributed by atoms with Gasteiger partial charge in [-0.1, -0.05) is 6.92 Å². The van der Waals surface area contributed by atoms with E-state index in [0.717, 1.165) is 19.2 Å². The van der Waals surface area contributed by atoms with Crippen LogP contribution in [0.15, 0.2) is 8.83 Å². The van der Waals surface area contributed by atoms with Crippen molar-refractivity contribution in [1.29, 1.82) is 5.41 Å². The fourth-order valence-corrected chi connectivity index (χ4v) is 1.62. The molecule has 0 aromatic carbocycles. The second kappa shape index (κ2) is 6.78. The van der Waals surface area contributed by atoms with Crippen molar-refractivity contribution in [2.45, 2.75) is 45.6 Å². The maximum absolute atomic E-state index is 6.85. The summed E-state index contributed by atoms with van der Waals surface area (Å²) in [5, 5.41) is 22.5. The average Bonchev–Trinajstić information content (AvgIpc) is 3.08. The minimum atomic E-state index is -0.406. The Morgan fingerprint density at radius 2 is 1.75 bits per heavy atom. The van der Waals surface area contributed by atoms with Crippen LogP contribution in [0.2, 0.25) is 0 Å². The molecule has 2 heterocycles. The van der Waals surface area contributed by atoms with Crippen molar-refractivity contribution < 1.29 is 13.6 Å². The monoisotopic (exact) mass is 279 g/mol. The first-order valence-corrected chi connectivity index (χ1v) is 6.50. The van der Waals surface area contributed by atoms with Gasteiger partial charge >= 0.3 is 0 Å². The highest BCUT2D eigenvalue weighted by atomic mass is 16.5. The third kappa shape index (κ3) is 3.62. The van der Waals surface area contributed by atoms with Crippen LogP contribution in [0.1, 0.15) is 49.9 Å². The normalized spacial score (nSPS) is 12.3. The molecular weight excluding hydrogens is 262 g/mol. The van der Waals surface area contributed by atoms with Crippen LogP contribution in [-0.4, -0.2) is 26.8 Å². The summed E-state index contributed by atoms with van der Waals surface area (Å²) in [6, 6.07) is 0. The van der Waals surface area contributed by atoms with E-state index in [9.17, 15) is 0 Å². The molecule has 0 amide bonds. The molecule has 2 rings (SSSR count). The van der Waals surface area contributed by atoms with Crippen LogP contribution in [-0.2, 0) is 24.0 Å². The van der Waals surface area contributed by atoms with Gasteiger partial charge in [0, 0.05) is 19.3 Å². The Morgan fingerprint density at radius 3 is 2.40 bits per heavy atom. The lowest BCUT2D eigenvalue weighted by atomic mass is 10.2. The van der Waals surface area contributed by atoms with Gasteiger partial charge in [0.2, 0.25) is 17.7 Å². The van der Waals surface area contributed by atoms with Gasteiger partial charge in [0.05, 0.1) is 0 Å². The second-order valence-corrected chi connectivity index (χ2v) is 4.23. The zero-order valence-corrected chi connectivity index (χ0v) is 11.5. The third-order valence-electron chi connectivity index (χ3n) is 2.69. The molecular formula is C12H17N5O3. The predicted molar refractivity (Wildman–Crippen MR) is 68.3 cm³/mol. The molecule has 8 heteroatoms. The van der Waals surface area contributed by atoms with Crippen molar-refractivity contribution in [3.63, 3.8) is 0 Å². The van der Waals surface area contributed by atoms with Crippen LogP contribution >= 0.6 is 0 Å². The van der Waals surface area contributed by atoms with Crippen molar-refractivity contribution in [3.05, 3.63) is 23.6 Å². The first-order valence-electron chi connectivity index (χ1n) is 6.50. The fraction of sp³-hybridized carbons (Fsp3) is 0.583. The van der Waals surface area contributed by atoms with Gasteiger partial charge in [-0.15, -0.1) is 20.4 Å². The Kier molecular flexibility index (Phi) is 4.80. The molecule has 0 saturated carbocycles. The summed E-state index contributed by atoms with van der Waals surface area (Å²) in [6.45, 7) is 3.71. The Hall–Kier alpha value is -2.25. The highest BCUT2D eigenvalue weighted by Gasteiger charge is 2.14. The van der Waals surface area contributed by atoms with Gasteiger partial charge < -0.3 is 13.6 Å². The second-order valence-electron chi connectivity index (χ2n) is 4.23. The number of rotatable bonds is 8. The van der Waals surface area contributed by atoms with E-state index in [2.05, 4.69) is 20.4 Å². The predicted octanol–water partition coefficient (Wildman–Crippen LogP) is 1.87. The summed E-state index contributed by atoms with van der Waals surface area (Å²) in [5.74, 6) is 2.19. The molecule has 0 radical (unpaired) electrons. The summed E-state index contributed by atoms with van der Waals surface area (Å²) in [4.78, 5) is 0. The lowest BCUT2D eigenvalue weighted by molar-refractivity contribution is 0.182.